The number of esters is 1. The number of hydrogen-bond acceptors (Lipinski definition) is 3. The molecule has 2 aliphatic rings. The predicted octanol–water partition coefficient (Wildman–Crippen LogP) is 4.24. The highest BCUT2D eigenvalue weighted by atomic mass is 35.5. The summed E-state index contributed by atoms with van der Waals surface area (Å²) in [5.74, 6) is -0.209. The first-order valence-electron chi connectivity index (χ1n) is 7.67. The Bertz CT molecular complexity index is 810. The van der Waals surface area contributed by atoms with Crippen LogP contribution < -0.4 is 0 Å². The first-order chi connectivity index (χ1) is 11.1. The average molecular weight is 327 g/mol. The number of rotatable bonds is 1. The minimum Gasteiger partial charge on any atom is -0.450 e. The Morgan fingerprint density at radius 1 is 1.09 bits per heavy atom. The number of Topliss-reactive ketones (excluding diaryl/α,β-unsaturated/α-hetero) is 1. The van der Waals surface area contributed by atoms with Crippen molar-refractivity contribution in [3.8, 4) is 0 Å². The molecule has 1 fully saturated rings. The third kappa shape index (κ3) is 2.36. The number of ether oxygens (including phenoxy) is 1. The van der Waals surface area contributed by atoms with E-state index in [0.717, 1.165) is 11.1 Å². The fourth-order valence-electron chi connectivity index (χ4n) is 3.83. The molecule has 3 nitrogen and oxygen atoms in total. The Morgan fingerprint density at radius 3 is 2.74 bits per heavy atom. The lowest BCUT2D eigenvalue weighted by atomic mass is 9.71. The summed E-state index contributed by atoms with van der Waals surface area (Å²) >= 11 is 6.09. The maximum atomic E-state index is 12.4. The summed E-state index contributed by atoms with van der Waals surface area (Å²) < 4.78 is 5.72. The van der Waals surface area contributed by atoms with Gasteiger partial charge in [0, 0.05) is 17.0 Å². The lowest BCUT2D eigenvalue weighted by Crippen LogP contribution is -2.36. The first-order valence-corrected chi connectivity index (χ1v) is 8.05. The lowest BCUT2D eigenvalue weighted by Gasteiger charge is -2.36. The van der Waals surface area contributed by atoms with Gasteiger partial charge in [-0.15, -0.1) is 0 Å². The number of ketones is 1. The highest BCUT2D eigenvalue weighted by Gasteiger charge is 2.50. The Labute approximate surface area is 139 Å². The fourth-order valence-corrected chi connectivity index (χ4v) is 4.03. The molecule has 4 heteroatoms. The summed E-state index contributed by atoms with van der Waals surface area (Å²) in [5.41, 5.74) is 1.61. The topological polar surface area (TPSA) is 43.4 Å². The Morgan fingerprint density at radius 2 is 1.91 bits per heavy atom. The molecule has 23 heavy (non-hydrogen) atoms. The summed E-state index contributed by atoms with van der Waals surface area (Å²) in [7, 11) is 0. The van der Waals surface area contributed by atoms with Gasteiger partial charge < -0.3 is 4.74 Å². The van der Waals surface area contributed by atoms with Gasteiger partial charge in [-0.25, -0.2) is 4.79 Å². The summed E-state index contributed by atoms with van der Waals surface area (Å²) in [5, 5.41) is 0.651. The van der Waals surface area contributed by atoms with Crippen molar-refractivity contribution in [2.45, 2.75) is 30.8 Å². The third-order valence-corrected chi connectivity index (χ3v) is 5.01. The predicted molar refractivity (Wildman–Crippen MR) is 86.6 cm³/mol. The van der Waals surface area contributed by atoms with Crippen LogP contribution in [0, 0.1) is 0 Å². The molecule has 0 amide bonds. The van der Waals surface area contributed by atoms with E-state index in [1.54, 1.807) is 6.07 Å². The van der Waals surface area contributed by atoms with E-state index in [-0.39, 0.29) is 24.1 Å². The van der Waals surface area contributed by atoms with Gasteiger partial charge in [-0.1, -0.05) is 41.9 Å². The van der Waals surface area contributed by atoms with Crippen molar-refractivity contribution < 1.29 is 14.3 Å². The van der Waals surface area contributed by atoms with Gasteiger partial charge in [0.25, 0.3) is 0 Å². The second kappa shape index (κ2) is 5.20. The highest BCUT2D eigenvalue weighted by molar-refractivity contribution is 6.30. The van der Waals surface area contributed by atoms with Crippen molar-refractivity contribution in [3.05, 3.63) is 70.2 Å². The molecule has 0 aromatic heterocycles. The molecule has 0 radical (unpaired) electrons. The molecule has 1 heterocycles. The second-order valence-corrected chi connectivity index (χ2v) is 6.74. The molecular weight excluding hydrogens is 312 g/mol. The molecule has 1 saturated carbocycles. The molecule has 116 valence electrons. The molecule has 2 atom stereocenters. The molecule has 1 aliphatic heterocycles. The van der Waals surface area contributed by atoms with Crippen molar-refractivity contribution >= 4 is 23.4 Å². The van der Waals surface area contributed by atoms with Gasteiger partial charge in [-0.3, -0.25) is 4.79 Å². The van der Waals surface area contributed by atoms with Crippen LogP contribution in [-0.2, 0) is 15.1 Å². The van der Waals surface area contributed by atoms with Gasteiger partial charge in [0.2, 0.25) is 0 Å². The molecule has 0 saturated heterocycles. The second-order valence-electron chi connectivity index (χ2n) is 6.31. The van der Waals surface area contributed by atoms with Gasteiger partial charge >= 0.3 is 5.97 Å². The maximum absolute atomic E-state index is 12.4. The fraction of sp³-hybridized carbons (Fsp3) is 0.263. The van der Waals surface area contributed by atoms with Crippen LogP contribution in [0.25, 0.3) is 0 Å². The summed E-state index contributed by atoms with van der Waals surface area (Å²) in [6.07, 6.45) is 1.33. The van der Waals surface area contributed by atoms with E-state index in [1.165, 1.54) is 0 Å². The average Bonchev–Trinajstić information content (AvgIpc) is 2.79. The van der Waals surface area contributed by atoms with Crippen molar-refractivity contribution in [3.63, 3.8) is 0 Å². The van der Waals surface area contributed by atoms with E-state index >= 15 is 0 Å². The van der Waals surface area contributed by atoms with Crippen LogP contribution in [-0.4, -0.2) is 11.8 Å². The molecular formula is C19H15ClO3. The van der Waals surface area contributed by atoms with Crippen LogP contribution in [0.1, 0.15) is 46.7 Å². The monoisotopic (exact) mass is 326 g/mol. The number of benzene rings is 2. The Balaban J connectivity index is 1.76. The number of halogens is 1. The van der Waals surface area contributed by atoms with Gasteiger partial charge in [-0.05, 0) is 36.1 Å². The number of carbonyl (C=O) groups is 2. The maximum Gasteiger partial charge on any atom is 0.339 e. The normalized spacial score (nSPS) is 26.2. The van der Waals surface area contributed by atoms with Gasteiger partial charge in [0.15, 0.2) is 0 Å². The van der Waals surface area contributed by atoms with Gasteiger partial charge in [-0.2, -0.15) is 0 Å². The van der Waals surface area contributed by atoms with E-state index in [2.05, 4.69) is 0 Å². The number of carbonyl (C=O) groups excluding carboxylic acids is 2. The summed E-state index contributed by atoms with van der Waals surface area (Å²) in [6, 6.07) is 14.9. The lowest BCUT2D eigenvalue weighted by molar-refractivity contribution is -0.129. The quantitative estimate of drug-likeness (QED) is 0.736. The van der Waals surface area contributed by atoms with Crippen molar-refractivity contribution in [2.75, 3.05) is 0 Å². The van der Waals surface area contributed by atoms with E-state index in [1.807, 2.05) is 42.5 Å². The molecule has 2 aromatic carbocycles. The van der Waals surface area contributed by atoms with Gasteiger partial charge in [0.05, 0.1) is 12.0 Å². The molecule has 4 rings (SSSR count). The van der Waals surface area contributed by atoms with Crippen LogP contribution in [0.2, 0.25) is 5.02 Å². The SMILES string of the molecule is O=C1CC(c2cccc(Cl)c2)C[C@]2(C1)OC(=O)c1ccccc12. The van der Waals surface area contributed by atoms with Crippen molar-refractivity contribution in [1.29, 1.82) is 0 Å². The molecule has 2 aromatic rings. The Kier molecular flexibility index (Phi) is 3.27. The van der Waals surface area contributed by atoms with E-state index in [9.17, 15) is 9.59 Å². The van der Waals surface area contributed by atoms with Crippen LogP contribution in [0.4, 0.5) is 0 Å². The van der Waals surface area contributed by atoms with Gasteiger partial charge in [0.1, 0.15) is 11.4 Å². The third-order valence-electron chi connectivity index (χ3n) is 4.78. The van der Waals surface area contributed by atoms with Crippen LogP contribution in [0.5, 0.6) is 0 Å². The smallest absolute Gasteiger partial charge is 0.339 e. The molecule has 1 unspecified atom stereocenters. The highest BCUT2D eigenvalue weighted by Crippen LogP contribution is 2.50. The van der Waals surface area contributed by atoms with E-state index in [4.69, 9.17) is 16.3 Å². The molecule has 1 spiro atoms. The molecule has 1 aliphatic carbocycles. The minimum atomic E-state index is -0.823. The minimum absolute atomic E-state index is 0.00825. The molecule has 0 N–H and O–H groups in total. The first kappa shape index (κ1) is 14.5. The summed E-state index contributed by atoms with van der Waals surface area (Å²) in [4.78, 5) is 24.6. The van der Waals surface area contributed by atoms with Crippen LogP contribution in [0.15, 0.2) is 48.5 Å². The van der Waals surface area contributed by atoms with E-state index < -0.39 is 5.60 Å². The Hall–Kier alpha value is -2.13. The van der Waals surface area contributed by atoms with Crippen molar-refractivity contribution in [1.82, 2.24) is 0 Å². The summed E-state index contributed by atoms with van der Waals surface area (Å²) in [6.45, 7) is 0. The number of fused-ring (bicyclic) bond motifs is 2. The van der Waals surface area contributed by atoms with Crippen LogP contribution in [0.3, 0.4) is 0 Å². The van der Waals surface area contributed by atoms with Crippen LogP contribution >= 0.6 is 11.6 Å². The largest absolute Gasteiger partial charge is 0.450 e. The molecule has 0 bridgehead atoms. The number of hydrogen-bond donors (Lipinski definition) is 0. The standard InChI is InChI=1S/C19H15ClO3/c20-14-5-3-4-12(8-14)13-9-15(21)11-19(10-13)17-7-2-1-6-16(17)18(22)23-19/h1-8,13H,9-11H2/t13?,19-/m1/s1. The van der Waals surface area contributed by atoms with E-state index in [0.29, 0.717) is 23.4 Å². The van der Waals surface area contributed by atoms with Crippen molar-refractivity contribution in [2.24, 2.45) is 0 Å². The zero-order valence-electron chi connectivity index (χ0n) is 12.4. The zero-order chi connectivity index (χ0) is 16.0. The zero-order valence-corrected chi connectivity index (χ0v) is 13.2.